The Kier molecular flexibility index (Phi) is 21.3. The Balaban J connectivity index is 1.20. The lowest BCUT2D eigenvalue weighted by Gasteiger charge is -2.50. The number of aliphatic hydroxyl groups is 18. The fraction of sp³-hybridized carbons (Fsp3) is 0.950. The molecule has 0 unspecified atom stereocenters. The third kappa shape index (κ3) is 12.9. The summed E-state index contributed by atoms with van der Waals surface area (Å²) in [4.78, 5) is 24.6. The van der Waals surface area contributed by atoms with Crippen LogP contribution < -0.4 is 10.6 Å². The Morgan fingerprint density at radius 2 is 0.616 bits per heavy atom. The molecule has 20 N–H and O–H groups in total. The maximum atomic E-state index is 12.6. The van der Waals surface area contributed by atoms with Crippen LogP contribution in [-0.4, -0.2) is 327 Å². The molecule has 30 atom stereocenters. The van der Waals surface area contributed by atoms with E-state index in [9.17, 15) is 102 Å². The monoisotopic (exact) mass is 1070 g/mol. The van der Waals surface area contributed by atoms with Crippen molar-refractivity contribution < 1.29 is 154 Å². The van der Waals surface area contributed by atoms with Gasteiger partial charge in [0, 0.05) is 13.8 Å². The summed E-state index contributed by atoms with van der Waals surface area (Å²) in [6, 6.07) is -3.38. The molecule has 0 aromatic rings. The lowest BCUT2D eigenvalue weighted by atomic mass is 9.94. The van der Waals surface area contributed by atoms with Gasteiger partial charge in [0.15, 0.2) is 37.7 Å². The van der Waals surface area contributed by atoms with Crippen molar-refractivity contribution in [3.05, 3.63) is 0 Å². The van der Waals surface area contributed by atoms with Gasteiger partial charge >= 0.3 is 0 Å². The highest BCUT2D eigenvalue weighted by atomic mass is 16.8. The van der Waals surface area contributed by atoms with E-state index < -0.39 is 236 Å². The van der Waals surface area contributed by atoms with E-state index >= 15 is 0 Å². The SMILES string of the molecule is CC(=O)N[C@H]1[C@H](O[C@H]2[C@@H](O)[C@@H](CO)O[C@@H](O[C@H]3[C@H](O)[C@@H](O)[C@H](O)O[C@@H]3CO)[C@@H]2O)O[C@H](CO)[C@@H](O[C@@H]2O[C@H](CO)[C@H](O)[C@H](O[C@H]3O[C@H](CO)[C@H](O)[C@H](O[C@@H]4O[C@H](CO)[C@H](O)[C@H](O)[C@H]4NC(C)=O)[C@H]3O)[C@H]2O)[C@@H]1O. The van der Waals surface area contributed by atoms with Gasteiger partial charge in [-0.15, -0.1) is 0 Å². The van der Waals surface area contributed by atoms with Crippen molar-refractivity contribution in [2.24, 2.45) is 0 Å². The van der Waals surface area contributed by atoms with Crippen LogP contribution in [0, 0.1) is 0 Å². The Morgan fingerprint density at radius 1 is 0.329 bits per heavy atom. The van der Waals surface area contributed by atoms with Crippen molar-refractivity contribution in [2.75, 3.05) is 39.6 Å². The number of amides is 2. The Morgan fingerprint density at radius 3 is 0.986 bits per heavy atom. The normalized spacial score (nSPS) is 49.8. The van der Waals surface area contributed by atoms with Crippen molar-refractivity contribution in [3.8, 4) is 0 Å². The van der Waals surface area contributed by atoms with Crippen LogP contribution in [0.5, 0.6) is 0 Å². The van der Waals surface area contributed by atoms with Gasteiger partial charge in [0.25, 0.3) is 0 Å². The standard InChI is InChI=1S/C40H68N2O31/c1-9(49)41-17-23(55)19(51)11(3-43)64-36(17)71-33-21(53)13(5-45)67-40(28(33)60)73-34-22(54)14(6-46)65-38(29(34)61)69-30-16(8-48)68-37(18(24(30)56)42-10(2)50)72-32-20(52)12(4-44)66-39(27(32)59)70-31-15(7-47)63-35(62)26(58)25(31)57/h11-40,43-48,51-62H,3-8H2,1-2H3,(H,41,49)(H,42,50)/t11-,12-,13-,14-,15-,16-,17-,18-,19+,20+,21+,22+,23-,24-,25-,26-,27-,28-,29-,30-,31-,32+,33+,34+,35-,36+,37+,38+,39+,40-/m1/s1. The maximum absolute atomic E-state index is 12.6. The summed E-state index contributed by atoms with van der Waals surface area (Å²) in [6.07, 6.45) is -53.4. The summed E-state index contributed by atoms with van der Waals surface area (Å²) in [5, 5.41) is 197. The summed E-state index contributed by atoms with van der Waals surface area (Å²) in [6.45, 7) is -3.79. The molecule has 6 saturated heterocycles. The smallest absolute Gasteiger partial charge is 0.217 e. The molecule has 6 heterocycles. The van der Waals surface area contributed by atoms with Crippen molar-refractivity contribution >= 4 is 11.8 Å². The van der Waals surface area contributed by atoms with E-state index in [0.29, 0.717) is 0 Å². The van der Waals surface area contributed by atoms with Crippen LogP contribution in [0.1, 0.15) is 13.8 Å². The predicted octanol–water partition coefficient (Wildman–Crippen LogP) is -13.8. The maximum Gasteiger partial charge on any atom is 0.217 e. The number of nitrogens with one attached hydrogen (secondary N) is 2. The molecule has 0 aliphatic carbocycles. The molecule has 6 aliphatic heterocycles. The van der Waals surface area contributed by atoms with Gasteiger partial charge in [0.2, 0.25) is 11.8 Å². The molecule has 33 nitrogen and oxygen atoms in total. The van der Waals surface area contributed by atoms with Gasteiger partial charge in [-0.05, 0) is 0 Å². The molecule has 6 fully saturated rings. The minimum absolute atomic E-state index is 0.752. The van der Waals surface area contributed by atoms with E-state index in [1.54, 1.807) is 0 Å². The molecule has 6 rings (SSSR count). The second-order valence-electron chi connectivity index (χ2n) is 18.2. The van der Waals surface area contributed by atoms with E-state index in [0.717, 1.165) is 13.8 Å². The highest BCUT2D eigenvalue weighted by Gasteiger charge is 2.58. The van der Waals surface area contributed by atoms with Crippen LogP contribution in [-0.2, 0) is 61.7 Å². The molecule has 0 aromatic heterocycles. The lowest BCUT2D eigenvalue weighted by Crippen LogP contribution is -2.70. The number of aliphatic hydroxyl groups excluding tert-OH is 18. The van der Waals surface area contributed by atoms with Crippen LogP contribution in [0.25, 0.3) is 0 Å². The first-order chi connectivity index (χ1) is 34.5. The molecule has 33 heteroatoms. The summed E-state index contributed by atoms with van der Waals surface area (Å²) in [7, 11) is 0. The number of rotatable bonds is 18. The van der Waals surface area contributed by atoms with E-state index in [1.807, 2.05) is 0 Å². The Hall–Kier alpha value is -2.22. The number of ether oxygens (including phenoxy) is 11. The van der Waals surface area contributed by atoms with Gasteiger partial charge in [-0.2, -0.15) is 0 Å². The fourth-order valence-electron chi connectivity index (χ4n) is 9.31. The van der Waals surface area contributed by atoms with Crippen LogP contribution in [0.3, 0.4) is 0 Å². The van der Waals surface area contributed by atoms with Gasteiger partial charge in [-0.25, -0.2) is 0 Å². The van der Waals surface area contributed by atoms with E-state index in [2.05, 4.69) is 10.6 Å². The average Bonchev–Trinajstić information content (AvgIpc) is 3.35. The average molecular weight is 1070 g/mol. The zero-order valence-electron chi connectivity index (χ0n) is 38.9. The molecular weight excluding hydrogens is 1000 g/mol. The quantitative estimate of drug-likeness (QED) is 0.0606. The molecule has 73 heavy (non-hydrogen) atoms. The van der Waals surface area contributed by atoms with Crippen LogP contribution >= 0.6 is 0 Å². The predicted molar refractivity (Wildman–Crippen MR) is 222 cm³/mol. The Labute approximate surface area is 413 Å². The van der Waals surface area contributed by atoms with Gasteiger partial charge in [0.1, 0.15) is 146 Å². The minimum Gasteiger partial charge on any atom is -0.394 e. The number of carbonyl (C=O) groups is 2. The van der Waals surface area contributed by atoms with Crippen molar-refractivity contribution in [3.63, 3.8) is 0 Å². The van der Waals surface area contributed by atoms with Crippen molar-refractivity contribution in [2.45, 2.75) is 198 Å². The molecule has 424 valence electrons. The van der Waals surface area contributed by atoms with Crippen LogP contribution in [0.15, 0.2) is 0 Å². The highest BCUT2D eigenvalue weighted by Crippen LogP contribution is 2.37. The third-order valence-electron chi connectivity index (χ3n) is 13.2. The van der Waals surface area contributed by atoms with Gasteiger partial charge in [0.05, 0.1) is 39.6 Å². The largest absolute Gasteiger partial charge is 0.394 e. The summed E-state index contributed by atoms with van der Waals surface area (Å²) in [5.74, 6) is -1.61. The fourth-order valence-corrected chi connectivity index (χ4v) is 9.31. The molecule has 2 amide bonds. The zero-order valence-corrected chi connectivity index (χ0v) is 38.9. The molecule has 0 saturated carbocycles. The van der Waals surface area contributed by atoms with Gasteiger partial charge in [-0.1, -0.05) is 0 Å². The zero-order chi connectivity index (χ0) is 53.9. The second-order valence-corrected chi connectivity index (χ2v) is 18.2. The molecule has 0 spiro atoms. The van der Waals surface area contributed by atoms with E-state index in [4.69, 9.17) is 52.1 Å². The van der Waals surface area contributed by atoms with Crippen molar-refractivity contribution in [1.82, 2.24) is 10.6 Å². The second kappa shape index (κ2) is 26.0. The third-order valence-corrected chi connectivity index (χ3v) is 13.2. The van der Waals surface area contributed by atoms with Gasteiger partial charge < -0.3 is 155 Å². The topological polar surface area (TPSA) is 524 Å². The van der Waals surface area contributed by atoms with E-state index in [1.165, 1.54) is 0 Å². The lowest BCUT2D eigenvalue weighted by molar-refractivity contribution is -0.390. The van der Waals surface area contributed by atoms with E-state index in [-0.39, 0.29) is 0 Å². The molecule has 6 aliphatic rings. The highest BCUT2D eigenvalue weighted by molar-refractivity contribution is 5.73. The first-order valence-electron chi connectivity index (χ1n) is 23.1. The van der Waals surface area contributed by atoms with Crippen LogP contribution in [0.4, 0.5) is 0 Å². The number of hydrogen-bond acceptors (Lipinski definition) is 31. The Bertz CT molecular complexity index is 1750. The van der Waals surface area contributed by atoms with Crippen molar-refractivity contribution in [1.29, 1.82) is 0 Å². The number of carbonyl (C=O) groups excluding carboxylic acids is 2. The molecule has 0 bridgehead atoms. The summed E-state index contributed by atoms with van der Waals surface area (Å²) < 4.78 is 62.2. The summed E-state index contributed by atoms with van der Waals surface area (Å²) >= 11 is 0. The first kappa shape index (κ1) is 60.0. The minimum atomic E-state index is -2.23. The summed E-state index contributed by atoms with van der Waals surface area (Å²) in [5.41, 5.74) is 0. The van der Waals surface area contributed by atoms with Crippen LogP contribution in [0.2, 0.25) is 0 Å². The molecular formula is C40H68N2O31. The molecule has 0 radical (unpaired) electrons. The number of hydrogen-bond donors (Lipinski definition) is 20. The first-order valence-corrected chi connectivity index (χ1v) is 23.1. The molecule has 0 aromatic carbocycles. The van der Waals surface area contributed by atoms with Gasteiger partial charge in [-0.3, -0.25) is 9.59 Å².